The second kappa shape index (κ2) is 4.29. The van der Waals surface area contributed by atoms with Crippen LogP contribution in [0.5, 0.6) is 0 Å². The number of hydrogen-bond donors (Lipinski definition) is 1. The lowest BCUT2D eigenvalue weighted by atomic mass is 9.84. The Bertz CT molecular complexity index is 643. The molecule has 2 bridgehead atoms. The normalized spacial score (nSPS) is 32.6. The Morgan fingerprint density at radius 3 is 2.80 bits per heavy atom. The van der Waals surface area contributed by atoms with E-state index in [2.05, 4.69) is 29.5 Å². The first-order chi connectivity index (χ1) is 9.66. The lowest BCUT2D eigenvalue weighted by Gasteiger charge is -2.29. The summed E-state index contributed by atoms with van der Waals surface area (Å²) in [6, 6.07) is 4.67. The Kier molecular flexibility index (Phi) is 2.64. The molecule has 0 radical (unpaired) electrons. The number of pyridine rings is 1. The summed E-state index contributed by atoms with van der Waals surface area (Å²) in [4.78, 5) is 9.45. The quantitative estimate of drug-likeness (QED) is 0.913. The maximum atomic E-state index is 6.51. The average molecular weight is 270 g/mol. The molecule has 2 heterocycles. The van der Waals surface area contributed by atoms with Crippen LogP contribution in [-0.4, -0.2) is 20.6 Å². The van der Waals surface area contributed by atoms with Gasteiger partial charge in [-0.15, -0.1) is 0 Å². The highest BCUT2D eigenvalue weighted by Gasteiger charge is 2.48. The van der Waals surface area contributed by atoms with E-state index in [1.807, 2.05) is 12.3 Å². The van der Waals surface area contributed by atoms with Gasteiger partial charge in [0.1, 0.15) is 11.3 Å². The third-order valence-corrected chi connectivity index (χ3v) is 5.27. The van der Waals surface area contributed by atoms with Crippen LogP contribution in [0.15, 0.2) is 18.3 Å². The van der Waals surface area contributed by atoms with Crippen LogP contribution in [0.25, 0.3) is 11.2 Å². The number of rotatable bonds is 2. The van der Waals surface area contributed by atoms with Gasteiger partial charge in [-0.05, 0) is 57.1 Å². The van der Waals surface area contributed by atoms with Crippen molar-refractivity contribution >= 4 is 11.2 Å². The topological polar surface area (TPSA) is 56.7 Å². The lowest BCUT2D eigenvalue weighted by molar-refractivity contribution is 0.342. The Morgan fingerprint density at radius 2 is 2.10 bits per heavy atom. The summed E-state index contributed by atoms with van der Waals surface area (Å²) in [7, 11) is 0. The molecule has 0 aliphatic heterocycles. The van der Waals surface area contributed by atoms with Gasteiger partial charge in [0.15, 0.2) is 5.65 Å². The summed E-state index contributed by atoms with van der Waals surface area (Å²) >= 11 is 0. The SMILES string of the molecule is CC(C)n1c(C2C3CCC(C3)C2N)nc2cccnc21. The van der Waals surface area contributed by atoms with E-state index in [4.69, 9.17) is 10.7 Å². The molecule has 0 aromatic carbocycles. The van der Waals surface area contributed by atoms with Crippen molar-refractivity contribution in [2.75, 3.05) is 0 Å². The zero-order valence-corrected chi connectivity index (χ0v) is 12.2. The molecule has 4 atom stereocenters. The van der Waals surface area contributed by atoms with E-state index < -0.39 is 0 Å². The standard InChI is InChI=1S/C16H22N4/c1-9(2)20-15-12(4-3-7-18-15)19-16(20)13-10-5-6-11(8-10)14(13)17/h3-4,7,9-11,13-14H,5-6,8,17H2,1-2H3. The molecule has 2 N–H and O–H groups in total. The molecule has 2 aliphatic rings. The fourth-order valence-electron chi connectivity index (χ4n) is 4.41. The lowest BCUT2D eigenvalue weighted by Crippen LogP contribution is -2.35. The summed E-state index contributed by atoms with van der Waals surface area (Å²) in [5, 5.41) is 0. The van der Waals surface area contributed by atoms with Gasteiger partial charge < -0.3 is 10.3 Å². The van der Waals surface area contributed by atoms with Crippen molar-refractivity contribution in [3.63, 3.8) is 0 Å². The molecule has 2 aromatic rings. The van der Waals surface area contributed by atoms with Crippen molar-refractivity contribution in [2.45, 2.75) is 51.1 Å². The average Bonchev–Trinajstić information content (AvgIpc) is 3.09. The van der Waals surface area contributed by atoms with Gasteiger partial charge in [-0.25, -0.2) is 9.97 Å². The maximum absolute atomic E-state index is 6.51. The third-order valence-electron chi connectivity index (χ3n) is 5.27. The number of aromatic nitrogens is 3. The van der Waals surface area contributed by atoms with E-state index in [0.29, 0.717) is 17.9 Å². The predicted molar refractivity (Wildman–Crippen MR) is 79.5 cm³/mol. The number of hydrogen-bond acceptors (Lipinski definition) is 3. The van der Waals surface area contributed by atoms with Crippen molar-refractivity contribution in [3.8, 4) is 0 Å². The van der Waals surface area contributed by atoms with Crippen LogP contribution in [-0.2, 0) is 0 Å². The van der Waals surface area contributed by atoms with Crippen molar-refractivity contribution in [2.24, 2.45) is 17.6 Å². The van der Waals surface area contributed by atoms with E-state index in [0.717, 1.165) is 17.1 Å². The largest absolute Gasteiger partial charge is 0.327 e. The highest BCUT2D eigenvalue weighted by molar-refractivity contribution is 5.71. The van der Waals surface area contributed by atoms with E-state index in [9.17, 15) is 0 Å². The summed E-state index contributed by atoms with van der Waals surface area (Å²) in [5.74, 6) is 3.03. The molecule has 4 heteroatoms. The van der Waals surface area contributed by atoms with Crippen LogP contribution in [0.4, 0.5) is 0 Å². The van der Waals surface area contributed by atoms with E-state index in [-0.39, 0.29) is 6.04 Å². The van der Waals surface area contributed by atoms with Gasteiger partial charge in [0.2, 0.25) is 0 Å². The monoisotopic (exact) mass is 270 g/mol. The Labute approximate surface area is 119 Å². The molecule has 4 unspecified atom stereocenters. The summed E-state index contributed by atoms with van der Waals surface area (Å²) < 4.78 is 2.31. The molecule has 4 nitrogen and oxygen atoms in total. The van der Waals surface area contributed by atoms with Crippen LogP contribution in [0.3, 0.4) is 0 Å². The zero-order valence-electron chi connectivity index (χ0n) is 12.2. The second-order valence-corrected chi connectivity index (χ2v) is 6.72. The van der Waals surface area contributed by atoms with Crippen molar-refractivity contribution in [1.29, 1.82) is 0 Å². The Balaban J connectivity index is 1.89. The van der Waals surface area contributed by atoms with Crippen molar-refractivity contribution < 1.29 is 0 Å². The third kappa shape index (κ3) is 1.57. The van der Waals surface area contributed by atoms with Gasteiger partial charge in [0, 0.05) is 24.2 Å². The first-order valence-electron chi connectivity index (χ1n) is 7.75. The molecule has 20 heavy (non-hydrogen) atoms. The first-order valence-corrected chi connectivity index (χ1v) is 7.75. The number of fused-ring (bicyclic) bond motifs is 3. The fraction of sp³-hybridized carbons (Fsp3) is 0.625. The van der Waals surface area contributed by atoms with Crippen LogP contribution < -0.4 is 5.73 Å². The van der Waals surface area contributed by atoms with Crippen LogP contribution in [0.2, 0.25) is 0 Å². The summed E-state index contributed by atoms with van der Waals surface area (Å²) in [5.41, 5.74) is 8.53. The van der Waals surface area contributed by atoms with Gasteiger partial charge in [0.25, 0.3) is 0 Å². The van der Waals surface area contributed by atoms with Crippen molar-refractivity contribution in [3.05, 3.63) is 24.2 Å². The maximum Gasteiger partial charge on any atom is 0.160 e. The smallest absolute Gasteiger partial charge is 0.160 e. The van der Waals surface area contributed by atoms with E-state index in [1.165, 1.54) is 25.1 Å². The fourth-order valence-corrected chi connectivity index (χ4v) is 4.41. The van der Waals surface area contributed by atoms with Crippen LogP contribution in [0.1, 0.15) is 50.9 Å². The van der Waals surface area contributed by atoms with E-state index >= 15 is 0 Å². The summed E-state index contributed by atoms with van der Waals surface area (Å²) in [6.45, 7) is 4.41. The Morgan fingerprint density at radius 1 is 1.30 bits per heavy atom. The molecular formula is C16H22N4. The van der Waals surface area contributed by atoms with Crippen LogP contribution in [0, 0.1) is 11.8 Å². The van der Waals surface area contributed by atoms with Crippen molar-refractivity contribution in [1.82, 2.24) is 14.5 Å². The van der Waals surface area contributed by atoms with Gasteiger partial charge in [-0.3, -0.25) is 0 Å². The van der Waals surface area contributed by atoms with Gasteiger partial charge in [-0.2, -0.15) is 0 Å². The van der Waals surface area contributed by atoms with E-state index in [1.54, 1.807) is 0 Å². The molecule has 0 spiro atoms. The number of imidazole rings is 1. The second-order valence-electron chi connectivity index (χ2n) is 6.72. The van der Waals surface area contributed by atoms with Gasteiger partial charge in [0.05, 0.1) is 0 Å². The molecule has 106 valence electrons. The van der Waals surface area contributed by atoms with Crippen LogP contribution >= 0.6 is 0 Å². The molecule has 2 saturated carbocycles. The molecule has 2 aromatic heterocycles. The van der Waals surface area contributed by atoms with Gasteiger partial charge >= 0.3 is 0 Å². The molecular weight excluding hydrogens is 248 g/mol. The molecule has 2 aliphatic carbocycles. The Hall–Kier alpha value is -1.42. The van der Waals surface area contributed by atoms with Gasteiger partial charge in [-0.1, -0.05) is 0 Å². The summed E-state index contributed by atoms with van der Waals surface area (Å²) in [6.07, 6.45) is 5.77. The highest BCUT2D eigenvalue weighted by atomic mass is 15.2. The molecule has 4 rings (SSSR count). The zero-order chi connectivity index (χ0) is 13.9. The minimum absolute atomic E-state index is 0.281. The molecule has 0 saturated heterocycles. The minimum Gasteiger partial charge on any atom is -0.327 e. The number of nitrogens with two attached hydrogens (primary N) is 1. The highest BCUT2D eigenvalue weighted by Crippen LogP contribution is 2.52. The predicted octanol–water partition coefficient (Wildman–Crippen LogP) is 2.85. The molecule has 0 amide bonds. The first kappa shape index (κ1) is 12.3. The minimum atomic E-state index is 0.281. The number of nitrogens with zero attached hydrogens (tertiary/aromatic N) is 3. The molecule has 2 fully saturated rings.